The molecule has 2 fully saturated rings. The van der Waals surface area contributed by atoms with Gasteiger partial charge in [-0.15, -0.1) is 0 Å². The lowest BCUT2D eigenvalue weighted by atomic mass is 10.00. The molecule has 5 unspecified atom stereocenters. The Bertz CT molecular complexity index is 235. The monoisotopic (exact) mass is 220 g/mol. The molecule has 0 aromatic carbocycles. The summed E-state index contributed by atoms with van der Waals surface area (Å²) in [6.07, 6.45) is -4.39. The van der Waals surface area contributed by atoms with Gasteiger partial charge in [0.15, 0.2) is 12.1 Å². The molecule has 0 spiro atoms. The molecule has 0 aromatic heterocycles. The third-order valence-corrected chi connectivity index (χ3v) is 2.65. The number of aliphatic hydroxyl groups is 3. The Morgan fingerprint density at radius 2 is 1.73 bits per heavy atom. The van der Waals surface area contributed by atoms with Crippen molar-refractivity contribution in [3.8, 4) is 0 Å². The highest BCUT2D eigenvalue weighted by Gasteiger charge is 2.54. The Morgan fingerprint density at radius 3 is 2.33 bits per heavy atom. The highest BCUT2D eigenvalue weighted by Crippen LogP contribution is 2.36. The van der Waals surface area contributed by atoms with E-state index < -0.39 is 36.5 Å². The molecule has 0 bridgehead atoms. The number of hydrogen-bond acceptors (Lipinski definition) is 6. The van der Waals surface area contributed by atoms with Gasteiger partial charge in [-0.1, -0.05) is 0 Å². The molecule has 2 aliphatic heterocycles. The van der Waals surface area contributed by atoms with Crippen molar-refractivity contribution in [2.75, 3.05) is 6.61 Å². The molecule has 0 aromatic rings. The molecule has 0 aliphatic carbocycles. The number of hydrogen-bond donors (Lipinski definition) is 3. The molecule has 0 saturated carbocycles. The summed E-state index contributed by atoms with van der Waals surface area (Å²) in [4.78, 5) is 0. The Balaban J connectivity index is 2.18. The number of rotatable bonds is 1. The summed E-state index contributed by atoms with van der Waals surface area (Å²) < 4.78 is 15.9. The van der Waals surface area contributed by atoms with Crippen molar-refractivity contribution >= 4 is 0 Å². The average molecular weight is 220 g/mol. The molecule has 88 valence electrons. The summed E-state index contributed by atoms with van der Waals surface area (Å²) >= 11 is 0. The Labute approximate surface area is 87.4 Å². The lowest BCUT2D eigenvalue weighted by Crippen LogP contribution is -2.57. The lowest BCUT2D eigenvalue weighted by Gasteiger charge is -2.36. The lowest BCUT2D eigenvalue weighted by molar-refractivity contribution is -0.264. The quantitative estimate of drug-likeness (QED) is 0.502. The highest BCUT2D eigenvalue weighted by atomic mass is 16.8. The summed E-state index contributed by atoms with van der Waals surface area (Å²) in [6, 6.07) is 0. The molecule has 0 radical (unpaired) electrons. The van der Waals surface area contributed by atoms with Gasteiger partial charge >= 0.3 is 0 Å². The Hall–Kier alpha value is -0.240. The predicted molar refractivity (Wildman–Crippen MR) is 47.8 cm³/mol. The van der Waals surface area contributed by atoms with Crippen molar-refractivity contribution in [3.63, 3.8) is 0 Å². The SMILES string of the molecule is CC1(C)OC2C(CO)OC(O)C(O)C2O1. The molecule has 15 heavy (non-hydrogen) atoms. The van der Waals surface area contributed by atoms with E-state index in [1.807, 2.05) is 0 Å². The van der Waals surface area contributed by atoms with Crippen LogP contribution in [0.15, 0.2) is 0 Å². The van der Waals surface area contributed by atoms with Crippen molar-refractivity contribution in [3.05, 3.63) is 0 Å². The van der Waals surface area contributed by atoms with Gasteiger partial charge < -0.3 is 29.5 Å². The molecule has 5 atom stereocenters. The van der Waals surface area contributed by atoms with Crippen LogP contribution in [0.3, 0.4) is 0 Å². The first-order valence-electron chi connectivity index (χ1n) is 4.93. The highest BCUT2D eigenvalue weighted by molar-refractivity contribution is 4.95. The van der Waals surface area contributed by atoms with Crippen molar-refractivity contribution in [2.45, 2.75) is 50.3 Å². The minimum Gasteiger partial charge on any atom is -0.394 e. The molecule has 3 N–H and O–H groups in total. The van der Waals surface area contributed by atoms with E-state index in [1.54, 1.807) is 13.8 Å². The van der Waals surface area contributed by atoms with Gasteiger partial charge in [0.1, 0.15) is 24.4 Å². The largest absolute Gasteiger partial charge is 0.394 e. The summed E-state index contributed by atoms with van der Waals surface area (Å²) in [7, 11) is 0. The first-order chi connectivity index (χ1) is 6.94. The van der Waals surface area contributed by atoms with Crippen LogP contribution in [0.4, 0.5) is 0 Å². The van der Waals surface area contributed by atoms with E-state index >= 15 is 0 Å². The van der Waals surface area contributed by atoms with E-state index in [0.29, 0.717) is 0 Å². The second-order valence-electron chi connectivity index (χ2n) is 4.30. The van der Waals surface area contributed by atoms with Crippen LogP contribution in [0.5, 0.6) is 0 Å². The van der Waals surface area contributed by atoms with Crippen molar-refractivity contribution < 1.29 is 29.5 Å². The van der Waals surface area contributed by atoms with Crippen LogP contribution in [0.2, 0.25) is 0 Å². The second-order valence-corrected chi connectivity index (χ2v) is 4.30. The van der Waals surface area contributed by atoms with Crippen LogP contribution in [0.25, 0.3) is 0 Å². The Morgan fingerprint density at radius 1 is 1.13 bits per heavy atom. The van der Waals surface area contributed by atoms with E-state index in [2.05, 4.69) is 0 Å². The minimum absolute atomic E-state index is 0.287. The van der Waals surface area contributed by atoms with Crippen LogP contribution in [0, 0.1) is 0 Å². The fraction of sp³-hybridized carbons (Fsp3) is 1.00. The summed E-state index contributed by atoms with van der Waals surface area (Å²) in [5.41, 5.74) is 0. The van der Waals surface area contributed by atoms with E-state index in [-0.39, 0.29) is 6.61 Å². The first kappa shape index (κ1) is 11.3. The zero-order valence-corrected chi connectivity index (χ0v) is 8.66. The van der Waals surface area contributed by atoms with Crippen LogP contribution in [-0.4, -0.2) is 58.4 Å². The summed E-state index contributed by atoms with van der Waals surface area (Å²) in [5, 5.41) is 28.1. The molecule has 2 heterocycles. The molecular formula is C9H16O6. The van der Waals surface area contributed by atoms with E-state index in [4.69, 9.17) is 19.3 Å². The molecular weight excluding hydrogens is 204 g/mol. The molecule has 2 saturated heterocycles. The van der Waals surface area contributed by atoms with Gasteiger partial charge in [0, 0.05) is 0 Å². The molecule has 0 amide bonds. The van der Waals surface area contributed by atoms with Crippen LogP contribution in [0.1, 0.15) is 13.8 Å². The van der Waals surface area contributed by atoms with Gasteiger partial charge in [-0.3, -0.25) is 0 Å². The van der Waals surface area contributed by atoms with Crippen molar-refractivity contribution in [1.82, 2.24) is 0 Å². The third-order valence-electron chi connectivity index (χ3n) is 2.65. The second kappa shape index (κ2) is 3.65. The predicted octanol–water partition coefficient (Wildman–Crippen LogP) is -1.42. The summed E-state index contributed by atoms with van der Waals surface area (Å²) in [6.45, 7) is 3.13. The fourth-order valence-electron chi connectivity index (χ4n) is 2.02. The number of aliphatic hydroxyl groups excluding tert-OH is 3. The molecule has 6 heteroatoms. The minimum atomic E-state index is -1.35. The van der Waals surface area contributed by atoms with Gasteiger partial charge in [0.25, 0.3) is 0 Å². The van der Waals surface area contributed by atoms with E-state index in [0.717, 1.165) is 0 Å². The number of ether oxygens (including phenoxy) is 3. The molecule has 2 rings (SSSR count). The van der Waals surface area contributed by atoms with Gasteiger partial charge in [-0.05, 0) is 13.8 Å². The van der Waals surface area contributed by atoms with Crippen LogP contribution in [-0.2, 0) is 14.2 Å². The zero-order chi connectivity index (χ0) is 11.2. The topological polar surface area (TPSA) is 88.4 Å². The third kappa shape index (κ3) is 1.89. The van der Waals surface area contributed by atoms with Crippen molar-refractivity contribution in [1.29, 1.82) is 0 Å². The average Bonchev–Trinajstić information content (AvgIpc) is 2.48. The van der Waals surface area contributed by atoms with Crippen molar-refractivity contribution in [2.24, 2.45) is 0 Å². The normalized spacial score (nSPS) is 49.0. The van der Waals surface area contributed by atoms with Crippen LogP contribution < -0.4 is 0 Å². The fourth-order valence-corrected chi connectivity index (χ4v) is 2.02. The molecule has 6 nitrogen and oxygen atoms in total. The smallest absolute Gasteiger partial charge is 0.184 e. The van der Waals surface area contributed by atoms with Gasteiger partial charge in [-0.2, -0.15) is 0 Å². The maximum absolute atomic E-state index is 9.63. The maximum atomic E-state index is 9.63. The Kier molecular flexibility index (Phi) is 2.74. The number of fused-ring (bicyclic) bond motifs is 1. The first-order valence-corrected chi connectivity index (χ1v) is 4.93. The molecule has 2 aliphatic rings. The van der Waals surface area contributed by atoms with Gasteiger partial charge in [0.05, 0.1) is 6.61 Å². The van der Waals surface area contributed by atoms with Gasteiger partial charge in [-0.25, -0.2) is 0 Å². The summed E-state index contributed by atoms with van der Waals surface area (Å²) in [5.74, 6) is -0.836. The van der Waals surface area contributed by atoms with E-state index in [1.165, 1.54) is 0 Å². The van der Waals surface area contributed by atoms with E-state index in [9.17, 15) is 10.2 Å². The standard InChI is InChI=1S/C9H16O6/c1-9(2)14-6-4(3-10)13-8(12)5(11)7(6)15-9/h4-8,10-12H,3H2,1-2H3. The maximum Gasteiger partial charge on any atom is 0.184 e. The zero-order valence-electron chi connectivity index (χ0n) is 8.66. The van der Waals surface area contributed by atoms with Crippen LogP contribution >= 0.6 is 0 Å². The van der Waals surface area contributed by atoms with Gasteiger partial charge in [0.2, 0.25) is 0 Å².